The minimum atomic E-state index is -3.59. The Balaban J connectivity index is 1.37. The zero-order valence-electron chi connectivity index (χ0n) is 19.7. The third-order valence-electron chi connectivity index (χ3n) is 7.50. The molecular formula is C25H37N3O4S. The predicted octanol–water partition coefficient (Wildman–Crippen LogP) is 3.47. The number of sulfonamides is 1. The highest BCUT2D eigenvalue weighted by atomic mass is 32.2. The zero-order valence-corrected chi connectivity index (χ0v) is 20.5. The summed E-state index contributed by atoms with van der Waals surface area (Å²) in [6, 6.07) is 4.84. The maximum absolute atomic E-state index is 13.1. The van der Waals surface area contributed by atoms with Gasteiger partial charge in [-0.1, -0.05) is 31.7 Å². The van der Waals surface area contributed by atoms with Crippen LogP contribution in [0.3, 0.4) is 0 Å². The van der Waals surface area contributed by atoms with Gasteiger partial charge in [-0.15, -0.1) is 0 Å². The molecule has 2 aliphatic heterocycles. The summed E-state index contributed by atoms with van der Waals surface area (Å²) in [5.41, 5.74) is 1.17. The van der Waals surface area contributed by atoms with Crippen molar-refractivity contribution in [1.29, 1.82) is 0 Å². The van der Waals surface area contributed by atoms with Crippen molar-refractivity contribution in [1.82, 2.24) is 14.5 Å². The van der Waals surface area contributed by atoms with Gasteiger partial charge in [0.15, 0.2) is 0 Å². The Labute approximate surface area is 198 Å². The predicted molar refractivity (Wildman–Crippen MR) is 127 cm³/mol. The van der Waals surface area contributed by atoms with Gasteiger partial charge in [0.05, 0.1) is 4.90 Å². The first-order chi connectivity index (χ1) is 15.9. The molecule has 1 aromatic rings. The van der Waals surface area contributed by atoms with Gasteiger partial charge in [-0.05, 0) is 63.1 Å². The maximum atomic E-state index is 13.1. The summed E-state index contributed by atoms with van der Waals surface area (Å²) in [7, 11) is -3.59. The second kappa shape index (κ2) is 10.6. The molecule has 1 aromatic carbocycles. The molecule has 7 nitrogen and oxygen atoms in total. The number of hydrogen-bond donors (Lipinski definition) is 1. The molecule has 0 radical (unpaired) electrons. The van der Waals surface area contributed by atoms with Gasteiger partial charge in [0.1, 0.15) is 0 Å². The number of hydrogen-bond acceptors (Lipinski definition) is 4. The Hall–Kier alpha value is -1.93. The van der Waals surface area contributed by atoms with Gasteiger partial charge in [-0.25, -0.2) is 8.42 Å². The average Bonchev–Trinajstić information content (AvgIpc) is 2.85. The lowest BCUT2D eigenvalue weighted by atomic mass is 9.87. The first kappa shape index (κ1) is 24.2. The smallest absolute Gasteiger partial charge is 0.251 e. The van der Waals surface area contributed by atoms with Crippen LogP contribution < -0.4 is 5.32 Å². The largest absolute Gasteiger partial charge is 0.349 e. The molecule has 182 valence electrons. The normalized spacial score (nSPS) is 21.7. The van der Waals surface area contributed by atoms with Crippen LogP contribution in [0.25, 0.3) is 0 Å². The van der Waals surface area contributed by atoms with E-state index in [1.165, 1.54) is 16.8 Å². The summed E-state index contributed by atoms with van der Waals surface area (Å²) < 4.78 is 27.6. The second-order valence-electron chi connectivity index (χ2n) is 9.85. The van der Waals surface area contributed by atoms with Crippen LogP contribution in [-0.2, 0) is 14.8 Å². The topological polar surface area (TPSA) is 86.8 Å². The van der Waals surface area contributed by atoms with E-state index in [-0.39, 0.29) is 28.7 Å². The fraction of sp³-hybridized carbons (Fsp3) is 0.680. The van der Waals surface area contributed by atoms with Gasteiger partial charge in [0, 0.05) is 43.7 Å². The van der Waals surface area contributed by atoms with E-state index >= 15 is 0 Å². The van der Waals surface area contributed by atoms with Crippen molar-refractivity contribution >= 4 is 21.8 Å². The van der Waals surface area contributed by atoms with Gasteiger partial charge >= 0.3 is 0 Å². The van der Waals surface area contributed by atoms with Crippen molar-refractivity contribution in [2.24, 2.45) is 5.92 Å². The van der Waals surface area contributed by atoms with Crippen molar-refractivity contribution in [2.75, 3.05) is 26.2 Å². The van der Waals surface area contributed by atoms with Crippen LogP contribution in [0.5, 0.6) is 0 Å². The fourth-order valence-corrected chi connectivity index (χ4v) is 6.92. The standard InChI is InChI=1S/C25H37N3O4S/c1-19-10-11-22(33(31,32)28-14-6-3-7-15-28)18-23(19)24(29)26-21-12-16-27(17-13-21)25(30)20-8-4-2-5-9-20/h10-11,18,20-21H,2-9,12-17H2,1H3,(H,26,29). The van der Waals surface area contributed by atoms with Crippen molar-refractivity contribution in [3.05, 3.63) is 29.3 Å². The SMILES string of the molecule is Cc1ccc(S(=O)(=O)N2CCCCC2)cc1C(=O)NC1CCN(C(=O)C2CCCCC2)CC1. The molecule has 0 atom stereocenters. The van der Waals surface area contributed by atoms with Gasteiger partial charge < -0.3 is 10.2 Å². The minimum Gasteiger partial charge on any atom is -0.349 e. The lowest BCUT2D eigenvalue weighted by Crippen LogP contribution is -2.48. The summed E-state index contributed by atoms with van der Waals surface area (Å²) >= 11 is 0. The first-order valence-corrected chi connectivity index (χ1v) is 14.0. The Morgan fingerprint density at radius 3 is 2.18 bits per heavy atom. The van der Waals surface area contributed by atoms with E-state index in [1.807, 2.05) is 11.8 Å². The molecule has 3 aliphatic rings. The molecule has 1 aliphatic carbocycles. The molecule has 1 N–H and O–H groups in total. The third-order valence-corrected chi connectivity index (χ3v) is 9.40. The van der Waals surface area contributed by atoms with Crippen molar-refractivity contribution in [3.8, 4) is 0 Å². The highest BCUT2D eigenvalue weighted by Crippen LogP contribution is 2.27. The number of aryl methyl sites for hydroxylation is 1. The van der Waals surface area contributed by atoms with Crippen molar-refractivity contribution < 1.29 is 18.0 Å². The molecule has 0 bridgehead atoms. The number of carbonyl (C=O) groups excluding carboxylic acids is 2. The monoisotopic (exact) mass is 475 g/mol. The van der Waals surface area contributed by atoms with E-state index < -0.39 is 10.0 Å². The molecule has 0 unspecified atom stereocenters. The van der Waals surface area contributed by atoms with Gasteiger partial charge in [-0.2, -0.15) is 4.31 Å². The fourth-order valence-electron chi connectivity index (χ4n) is 5.38. The summed E-state index contributed by atoms with van der Waals surface area (Å²) in [6.07, 6.45) is 9.81. The number of likely N-dealkylation sites (tertiary alicyclic amines) is 1. The van der Waals surface area contributed by atoms with Crippen LogP contribution >= 0.6 is 0 Å². The van der Waals surface area contributed by atoms with Crippen molar-refractivity contribution in [2.45, 2.75) is 82.1 Å². The second-order valence-corrected chi connectivity index (χ2v) is 11.8. The highest BCUT2D eigenvalue weighted by molar-refractivity contribution is 7.89. The highest BCUT2D eigenvalue weighted by Gasteiger charge is 2.31. The molecule has 8 heteroatoms. The zero-order chi connectivity index (χ0) is 23.4. The maximum Gasteiger partial charge on any atom is 0.251 e. The molecule has 2 amide bonds. The van der Waals surface area contributed by atoms with Crippen LogP contribution in [0.15, 0.2) is 23.1 Å². The number of benzene rings is 1. The van der Waals surface area contributed by atoms with E-state index in [1.54, 1.807) is 12.1 Å². The number of piperidine rings is 2. The number of rotatable bonds is 5. The van der Waals surface area contributed by atoms with E-state index in [4.69, 9.17) is 0 Å². The third kappa shape index (κ3) is 5.60. The van der Waals surface area contributed by atoms with Crippen LogP contribution in [0.2, 0.25) is 0 Å². The van der Waals surface area contributed by atoms with Crippen molar-refractivity contribution in [3.63, 3.8) is 0 Å². The molecule has 0 aromatic heterocycles. The molecular weight excluding hydrogens is 438 g/mol. The van der Waals surface area contributed by atoms with Gasteiger partial charge in [0.2, 0.25) is 15.9 Å². The van der Waals surface area contributed by atoms with Gasteiger partial charge in [0.25, 0.3) is 5.91 Å². The first-order valence-electron chi connectivity index (χ1n) is 12.6. The van der Waals surface area contributed by atoms with E-state index in [0.29, 0.717) is 31.7 Å². The lowest BCUT2D eigenvalue weighted by molar-refractivity contribution is -0.137. The number of carbonyl (C=O) groups is 2. The molecule has 33 heavy (non-hydrogen) atoms. The molecule has 0 spiro atoms. The van der Waals surface area contributed by atoms with Crippen LogP contribution in [0, 0.1) is 12.8 Å². The van der Waals surface area contributed by atoms with E-state index in [0.717, 1.165) is 63.4 Å². The summed E-state index contributed by atoms with van der Waals surface area (Å²) in [6.45, 7) is 4.24. The van der Waals surface area contributed by atoms with E-state index in [9.17, 15) is 18.0 Å². The van der Waals surface area contributed by atoms with Crippen LogP contribution in [-0.4, -0.2) is 61.7 Å². The molecule has 2 saturated heterocycles. The molecule has 2 heterocycles. The number of nitrogens with one attached hydrogen (secondary N) is 1. The number of nitrogens with zero attached hydrogens (tertiary/aromatic N) is 2. The number of amides is 2. The minimum absolute atomic E-state index is 0.00494. The average molecular weight is 476 g/mol. The van der Waals surface area contributed by atoms with Gasteiger partial charge in [-0.3, -0.25) is 9.59 Å². The molecule has 4 rings (SSSR count). The van der Waals surface area contributed by atoms with Crippen LogP contribution in [0.1, 0.15) is 80.1 Å². The Morgan fingerprint density at radius 1 is 0.879 bits per heavy atom. The molecule has 3 fully saturated rings. The summed E-state index contributed by atoms with van der Waals surface area (Å²) in [5.74, 6) is 0.225. The Kier molecular flexibility index (Phi) is 7.74. The van der Waals surface area contributed by atoms with Crippen LogP contribution in [0.4, 0.5) is 0 Å². The quantitative estimate of drug-likeness (QED) is 0.706. The molecule has 1 saturated carbocycles. The summed E-state index contributed by atoms with van der Waals surface area (Å²) in [5, 5.41) is 3.09. The Morgan fingerprint density at radius 2 is 1.52 bits per heavy atom. The Bertz CT molecular complexity index is 958. The lowest BCUT2D eigenvalue weighted by Gasteiger charge is -2.35. The summed E-state index contributed by atoms with van der Waals surface area (Å²) in [4.78, 5) is 28.0. The van der Waals surface area contributed by atoms with E-state index in [2.05, 4.69) is 5.32 Å².